The monoisotopic (exact) mass is 223 g/mol. The number of ether oxygens (including phenoxy) is 1. The number of aryl methyl sites for hydroxylation is 1. The minimum absolute atomic E-state index is 0.0454. The van der Waals surface area contributed by atoms with Crippen LogP contribution in [0.5, 0.6) is 0 Å². The third-order valence-electron chi connectivity index (χ3n) is 3.48. The summed E-state index contributed by atoms with van der Waals surface area (Å²) in [5, 5.41) is 4.41. The molecule has 2 heterocycles. The Morgan fingerprint density at radius 3 is 2.56 bits per heavy atom. The average Bonchev–Trinajstić information content (AvgIpc) is 3.09. The normalized spacial score (nSPS) is 22.6. The van der Waals surface area contributed by atoms with Crippen LogP contribution in [0.1, 0.15) is 43.5 Å². The molecule has 3 rings (SSSR count). The van der Waals surface area contributed by atoms with Crippen LogP contribution in [0.4, 0.5) is 0 Å². The summed E-state index contributed by atoms with van der Waals surface area (Å²) in [5.74, 6) is 1.39. The van der Waals surface area contributed by atoms with Gasteiger partial charge in [-0.3, -0.25) is 4.57 Å². The van der Waals surface area contributed by atoms with Crippen LogP contribution in [0, 0.1) is 0 Å². The Labute approximate surface area is 94.0 Å². The van der Waals surface area contributed by atoms with Crippen LogP contribution in [0.15, 0.2) is 4.79 Å². The number of rotatable bonds is 2. The van der Waals surface area contributed by atoms with Gasteiger partial charge in [-0.1, -0.05) is 0 Å². The number of aromatic nitrogens is 3. The van der Waals surface area contributed by atoms with Crippen LogP contribution in [0.25, 0.3) is 0 Å². The fourth-order valence-electron chi connectivity index (χ4n) is 2.41. The van der Waals surface area contributed by atoms with E-state index in [-0.39, 0.29) is 5.69 Å². The molecule has 0 radical (unpaired) electrons. The molecule has 88 valence electrons. The van der Waals surface area contributed by atoms with Gasteiger partial charge in [-0.25, -0.2) is 9.48 Å². The van der Waals surface area contributed by atoms with Crippen LogP contribution in [0.2, 0.25) is 0 Å². The molecule has 2 fully saturated rings. The zero-order valence-electron chi connectivity index (χ0n) is 9.56. The highest BCUT2D eigenvalue weighted by Crippen LogP contribution is 2.37. The van der Waals surface area contributed by atoms with Crippen LogP contribution in [-0.2, 0) is 11.8 Å². The van der Waals surface area contributed by atoms with E-state index in [1.54, 1.807) is 7.05 Å². The van der Waals surface area contributed by atoms with Crippen molar-refractivity contribution in [2.24, 2.45) is 7.05 Å². The molecule has 1 aromatic heterocycles. The molecule has 0 aromatic carbocycles. The minimum atomic E-state index is 0.0454. The van der Waals surface area contributed by atoms with Gasteiger partial charge in [-0.05, 0) is 25.7 Å². The first kappa shape index (κ1) is 10.1. The molecule has 1 aliphatic carbocycles. The van der Waals surface area contributed by atoms with E-state index in [4.69, 9.17) is 4.74 Å². The summed E-state index contributed by atoms with van der Waals surface area (Å²) in [7, 11) is 1.74. The Morgan fingerprint density at radius 1 is 1.25 bits per heavy atom. The third-order valence-corrected chi connectivity index (χ3v) is 3.48. The van der Waals surface area contributed by atoms with Gasteiger partial charge in [0.1, 0.15) is 5.82 Å². The van der Waals surface area contributed by atoms with Crippen molar-refractivity contribution in [3.05, 3.63) is 16.3 Å². The van der Waals surface area contributed by atoms with E-state index < -0.39 is 0 Å². The molecule has 16 heavy (non-hydrogen) atoms. The summed E-state index contributed by atoms with van der Waals surface area (Å²) in [6.07, 6.45) is 4.23. The van der Waals surface area contributed by atoms with Gasteiger partial charge in [0.15, 0.2) is 0 Å². The molecule has 2 aliphatic rings. The first-order valence-corrected chi connectivity index (χ1v) is 6.00. The highest BCUT2D eigenvalue weighted by molar-refractivity contribution is 5.03. The second-order valence-electron chi connectivity index (χ2n) is 4.75. The topological polar surface area (TPSA) is 49.0 Å². The molecular formula is C11H17N3O2. The summed E-state index contributed by atoms with van der Waals surface area (Å²) in [4.78, 5) is 11.9. The van der Waals surface area contributed by atoms with Gasteiger partial charge in [-0.15, -0.1) is 0 Å². The molecular weight excluding hydrogens is 206 g/mol. The lowest BCUT2D eigenvalue weighted by atomic mass is 9.99. The van der Waals surface area contributed by atoms with Gasteiger partial charge in [0.05, 0.1) is 0 Å². The van der Waals surface area contributed by atoms with Crippen molar-refractivity contribution in [1.82, 2.24) is 14.3 Å². The second kappa shape index (κ2) is 3.73. The number of hydrogen-bond acceptors (Lipinski definition) is 3. The van der Waals surface area contributed by atoms with Gasteiger partial charge in [0.25, 0.3) is 0 Å². The first-order chi connectivity index (χ1) is 7.77. The lowest BCUT2D eigenvalue weighted by Gasteiger charge is -2.21. The summed E-state index contributed by atoms with van der Waals surface area (Å²) < 4.78 is 8.74. The van der Waals surface area contributed by atoms with E-state index in [0.29, 0.717) is 12.0 Å². The van der Waals surface area contributed by atoms with E-state index in [9.17, 15) is 4.79 Å². The van der Waals surface area contributed by atoms with Crippen molar-refractivity contribution in [2.45, 2.75) is 37.6 Å². The Bertz CT molecular complexity index is 439. The van der Waals surface area contributed by atoms with Crippen molar-refractivity contribution >= 4 is 0 Å². The Morgan fingerprint density at radius 2 is 1.94 bits per heavy atom. The Kier molecular flexibility index (Phi) is 2.35. The van der Waals surface area contributed by atoms with Crippen molar-refractivity contribution in [3.63, 3.8) is 0 Å². The fourth-order valence-corrected chi connectivity index (χ4v) is 2.41. The van der Waals surface area contributed by atoms with E-state index in [2.05, 4.69) is 5.10 Å². The molecule has 5 heteroatoms. The molecule has 0 atom stereocenters. The number of nitrogens with zero attached hydrogens (tertiary/aromatic N) is 3. The molecule has 1 saturated carbocycles. The molecule has 0 spiro atoms. The molecule has 5 nitrogen and oxygen atoms in total. The Balaban J connectivity index is 1.98. The van der Waals surface area contributed by atoms with Gasteiger partial charge in [0.2, 0.25) is 0 Å². The summed E-state index contributed by atoms with van der Waals surface area (Å²) in [6, 6.07) is 0.416. The summed E-state index contributed by atoms with van der Waals surface area (Å²) in [6.45, 7) is 1.58. The average molecular weight is 223 g/mol. The maximum absolute atomic E-state index is 11.9. The van der Waals surface area contributed by atoms with Crippen LogP contribution >= 0.6 is 0 Å². The lowest BCUT2D eigenvalue weighted by Crippen LogP contribution is -2.24. The van der Waals surface area contributed by atoms with Gasteiger partial charge < -0.3 is 4.74 Å². The largest absolute Gasteiger partial charge is 0.381 e. The van der Waals surface area contributed by atoms with Crippen molar-refractivity contribution < 1.29 is 4.74 Å². The van der Waals surface area contributed by atoms with Gasteiger partial charge in [-0.2, -0.15) is 5.10 Å². The molecule has 1 saturated heterocycles. The molecule has 1 aliphatic heterocycles. The van der Waals surface area contributed by atoms with Crippen LogP contribution < -0.4 is 5.69 Å². The smallest absolute Gasteiger partial charge is 0.345 e. The Hall–Kier alpha value is -1.10. The van der Waals surface area contributed by atoms with E-state index in [0.717, 1.165) is 44.7 Å². The highest BCUT2D eigenvalue weighted by atomic mass is 16.5. The predicted molar refractivity (Wildman–Crippen MR) is 58.5 cm³/mol. The van der Waals surface area contributed by atoms with Crippen LogP contribution in [-0.4, -0.2) is 27.6 Å². The van der Waals surface area contributed by atoms with E-state index >= 15 is 0 Å². The van der Waals surface area contributed by atoms with Gasteiger partial charge in [0, 0.05) is 32.2 Å². The maximum atomic E-state index is 11.9. The van der Waals surface area contributed by atoms with Crippen molar-refractivity contribution in [3.8, 4) is 0 Å². The molecule has 0 bridgehead atoms. The fraction of sp³-hybridized carbons (Fsp3) is 0.818. The zero-order valence-corrected chi connectivity index (χ0v) is 9.56. The second-order valence-corrected chi connectivity index (χ2v) is 4.75. The zero-order chi connectivity index (χ0) is 11.1. The highest BCUT2D eigenvalue weighted by Gasteiger charge is 2.32. The predicted octanol–water partition coefficient (Wildman–Crippen LogP) is 0.811. The lowest BCUT2D eigenvalue weighted by molar-refractivity contribution is 0.0826. The molecule has 0 amide bonds. The SMILES string of the molecule is Cn1nc(C2CCOCC2)n(C2CC2)c1=O. The van der Waals surface area contributed by atoms with Crippen molar-refractivity contribution in [1.29, 1.82) is 0 Å². The van der Waals surface area contributed by atoms with Crippen LogP contribution in [0.3, 0.4) is 0 Å². The van der Waals surface area contributed by atoms with Gasteiger partial charge >= 0.3 is 5.69 Å². The summed E-state index contributed by atoms with van der Waals surface area (Å²) in [5.41, 5.74) is 0.0454. The van der Waals surface area contributed by atoms with E-state index in [1.807, 2.05) is 4.57 Å². The molecule has 0 unspecified atom stereocenters. The molecule has 1 aromatic rings. The number of hydrogen-bond donors (Lipinski definition) is 0. The van der Waals surface area contributed by atoms with Crippen molar-refractivity contribution in [2.75, 3.05) is 13.2 Å². The third kappa shape index (κ3) is 1.59. The van der Waals surface area contributed by atoms with E-state index in [1.165, 1.54) is 4.68 Å². The minimum Gasteiger partial charge on any atom is -0.381 e. The molecule has 0 N–H and O–H groups in total. The quantitative estimate of drug-likeness (QED) is 0.745. The summed E-state index contributed by atoms with van der Waals surface area (Å²) >= 11 is 0. The first-order valence-electron chi connectivity index (χ1n) is 6.00. The maximum Gasteiger partial charge on any atom is 0.345 e. The standard InChI is InChI=1S/C11H17N3O2/c1-13-11(15)14(9-2-3-9)10(12-13)8-4-6-16-7-5-8/h8-9H,2-7H2,1H3.